The summed E-state index contributed by atoms with van der Waals surface area (Å²) in [4.78, 5) is 12.8. The lowest BCUT2D eigenvalue weighted by Crippen LogP contribution is -2.01. The first-order valence-electron chi connectivity index (χ1n) is 5.26. The van der Waals surface area contributed by atoms with Gasteiger partial charge in [-0.25, -0.2) is 0 Å². The third-order valence-corrected chi connectivity index (χ3v) is 4.00. The van der Waals surface area contributed by atoms with Gasteiger partial charge in [0.15, 0.2) is 5.78 Å². The van der Waals surface area contributed by atoms with E-state index in [2.05, 4.69) is 6.08 Å². The Morgan fingerprint density at radius 1 is 1.33 bits per heavy atom. The van der Waals surface area contributed by atoms with Gasteiger partial charge in [0.1, 0.15) is 0 Å². The first-order valence-corrected chi connectivity index (χ1v) is 6.51. The molecule has 0 saturated heterocycles. The van der Waals surface area contributed by atoms with Crippen LogP contribution in [0.4, 0.5) is 0 Å². The average Bonchev–Trinajstić information content (AvgIpc) is 2.53. The number of allylic oxidation sites excluding steroid dienone is 2. The minimum Gasteiger partial charge on any atom is -0.288 e. The highest BCUT2D eigenvalue weighted by atomic mass is 35.5. The van der Waals surface area contributed by atoms with E-state index in [0.29, 0.717) is 9.90 Å². The Morgan fingerprint density at radius 2 is 2.20 bits per heavy atom. The van der Waals surface area contributed by atoms with Crippen molar-refractivity contribution < 1.29 is 4.79 Å². The lowest BCUT2D eigenvalue weighted by molar-refractivity contribution is 0.103. The van der Waals surface area contributed by atoms with Crippen LogP contribution in [0.25, 0.3) is 0 Å². The Hall–Kier alpha value is -0.600. The minimum absolute atomic E-state index is 0.136. The molecule has 0 aromatic carbocycles. The molecule has 0 aliphatic heterocycles. The molecule has 15 heavy (non-hydrogen) atoms. The van der Waals surface area contributed by atoms with E-state index in [4.69, 9.17) is 11.6 Å². The highest BCUT2D eigenvalue weighted by Gasteiger charge is 2.17. The molecule has 3 heteroatoms. The molecule has 0 radical (unpaired) electrons. The maximum Gasteiger partial charge on any atom is 0.200 e. The van der Waals surface area contributed by atoms with E-state index in [1.807, 2.05) is 5.38 Å². The van der Waals surface area contributed by atoms with Gasteiger partial charge in [0.05, 0.1) is 9.90 Å². The first-order chi connectivity index (χ1) is 7.29. The summed E-state index contributed by atoms with van der Waals surface area (Å²) in [6, 6.07) is 1.79. The fourth-order valence-corrected chi connectivity index (χ4v) is 2.94. The van der Waals surface area contributed by atoms with Crippen molar-refractivity contribution in [3.05, 3.63) is 33.0 Å². The smallest absolute Gasteiger partial charge is 0.200 e. The van der Waals surface area contributed by atoms with Gasteiger partial charge in [-0.2, -0.15) is 0 Å². The molecule has 1 nitrogen and oxygen atoms in total. The molecule has 0 amide bonds. The fraction of sp³-hybridized carbons (Fsp3) is 0.417. The number of thiophene rings is 1. The molecule has 0 saturated carbocycles. The SMILES string of the molecule is O=C(C1=CCCCCC1)c1sccc1Cl. The number of ketones is 1. The molecular formula is C12H13ClOS. The van der Waals surface area contributed by atoms with Crippen molar-refractivity contribution in [1.82, 2.24) is 0 Å². The van der Waals surface area contributed by atoms with E-state index in [1.165, 1.54) is 24.2 Å². The maximum atomic E-state index is 12.1. The van der Waals surface area contributed by atoms with Crippen molar-refractivity contribution in [3.63, 3.8) is 0 Å². The molecule has 1 heterocycles. The molecular weight excluding hydrogens is 228 g/mol. The predicted molar refractivity (Wildman–Crippen MR) is 64.8 cm³/mol. The molecule has 0 fully saturated rings. The summed E-state index contributed by atoms with van der Waals surface area (Å²) in [6.45, 7) is 0. The molecule has 0 spiro atoms. The van der Waals surface area contributed by atoms with Crippen molar-refractivity contribution in [3.8, 4) is 0 Å². The molecule has 0 bridgehead atoms. The second-order valence-electron chi connectivity index (χ2n) is 3.76. The summed E-state index contributed by atoms with van der Waals surface area (Å²) >= 11 is 7.39. The lowest BCUT2D eigenvalue weighted by atomic mass is 10.1. The second-order valence-corrected chi connectivity index (χ2v) is 5.08. The Balaban J connectivity index is 2.20. The first kappa shape index (κ1) is 10.9. The van der Waals surface area contributed by atoms with Crippen LogP contribution in [0, 0.1) is 0 Å². The number of hydrogen-bond acceptors (Lipinski definition) is 2. The van der Waals surface area contributed by atoms with Gasteiger partial charge in [-0.15, -0.1) is 11.3 Å². The van der Waals surface area contributed by atoms with Crippen molar-refractivity contribution >= 4 is 28.7 Å². The molecule has 1 aromatic rings. The van der Waals surface area contributed by atoms with Crippen LogP contribution in [0.2, 0.25) is 5.02 Å². The summed E-state index contributed by atoms with van der Waals surface area (Å²) in [5.74, 6) is 0.136. The van der Waals surface area contributed by atoms with Crippen LogP contribution in [0.5, 0.6) is 0 Å². The summed E-state index contributed by atoms with van der Waals surface area (Å²) in [5, 5.41) is 2.46. The van der Waals surface area contributed by atoms with E-state index in [-0.39, 0.29) is 5.78 Å². The topological polar surface area (TPSA) is 17.1 Å². The van der Waals surface area contributed by atoms with Crippen LogP contribution in [-0.2, 0) is 0 Å². The summed E-state index contributed by atoms with van der Waals surface area (Å²) in [5.41, 5.74) is 0.955. The van der Waals surface area contributed by atoms with Gasteiger partial charge in [0.2, 0.25) is 0 Å². The van der Waals surface area contributed by atoms with Gasteiger partial charge in [0, 0.05) is 0 Å². The average molecular weight is 241 g/mol. The van der Waals surface area contributed by atoms with E-state index >= 15 is 0 Å². The number of hydrogen-bond donors (Lipinski definition) is 0. The Kier molecular flexibility index (Phi) is 3.60. The Labute approximate surface area is 98.8 Å². The van der Waals surface area contributed by atoms with E-state index in [9.17, 15) is 4.79 Å². The number of carbonyl (C=O) groups excluding carboxylic acids is 1. The van der Waals surface area contributed by atoms with Crippen LogP contribution in [0.1, 0.15) is 41.8 Å². The minimum atomic E-state index is 0.136. The largest absolute Gasteiger partial charge is 0.288 e. The molecule has 0 atom stereocenters. The van der Waals surface area contributed by atoms with E-state index in [0.717, 1.165) is 24.8 Å². The zero-order valence-electron chi connectivity index (χ0n) is 8.46. The molecule has 1 aliphatic carbocycles. The van der Waals surface area contributed by atoms with Gasteiger partial charge in [-0.05, 0) is 42.7 Å². The number of carbonyl (C=O) groups is 1. The quantitative estimate of drug-likeness (QED) is 0.697. The molecule has 80 valence electrons. The van der Waals surface area contributed by atoms with Gasteiger partial charge in [-0.1, -0.05) is 24.1 Å². The third-order valence-electron chi connectivity index (χ3n) is 2.66. The number of Topliss-reactive ketones (excluding diaryl/α,β-unsaturated/α-hetero) is 1. The van der Waals surface area contributed by atoms with Crippen LogP contribution >= 0.6 is 22.9 Å². The normalized spacial score (nSPS) is 17.0. The maximum absolute atomic E-state index is 12.1. The van der Waals surface area contributed by atoms with Crippen molar-refractivity contribution in [1.29, 1.82) is 0 Å². The lowest BCUT2D eigenvalue weighted by Gasteiger charge is -2.02. The third kappa shape index (κ3) is 2.50. The predicted octanol–water partition coefficient (Wildman–Crippen LogP) is 4.47. The van der Waals surface area contributed by atoms with Crippen LogP contribution in [0.15, 0.2) is 23.1 Å². The highest BCUT2D eigenvalue weighted by Crippen LogP contribution is 2.28. The van der Waals surface area contributed by atoms with Crippen LogP contribution < -0.4 is 0 Å². The molecule has 2 rings (SSSR count). The van der Waals surface area contributed by atoms with Gasteiger partial charge < -0.3 is 0 Å². The summed E-state index contributed by atoms with van der Waals surface area (Å²) in [7, 11) is 0. The monoisotopic (exact) mass is 240 g/mol. The van der Waals surface area contributed by atoms with Crippen LogP contribution in [-0.4, -0.2) is 5.78 Å². The highest BCUT2D eigenvalue weighted by molar-refractivity contribution is 7.13. The fourth-order valence-electron chi connectivity index (χ4n) is 1.82. The van der Waals surface area contributed by atoms with Gasteiger partial charge >= 0.3 is 0 Å². The Morgan fingerprint density at radius 3 is 2.93 bits per heavy atom. The zero-order valence-corrected chi connectivity index (χ0v) is 10.0. The molecule has 0 N–H and O–H groups in total. The molecule has 1 aliphatic rings. The van der Waals surface area contributed by atoms with E-state index in [1.54, 1.807) is 6.07 Å². The van der Waals surface area contributed by atoms with Gasteiger partial charge in [0.25, 0.3) is 0 Å². The Bertz CT molecular complexity index is 392. The van der Waals surface area contributed by atoms with Crippen LogP contribution in [0.3, 0.4) is 0 Å². The van der Waals surface area contributed by atoms with Crippen molar-refractivity contribution in [2.24, 2.45) is 0 Å². The zero-order chi connectivity index (χ0) is 10.7. The van der Waals surface area contributed by atoms with Crippen molar-refractivity contribution in [2.45, 2.75) is 32.1 Å². The molecule has 0 unspecified atom stereocenters. The number of rotatable bonds is 2. The second kappa shape index (κ2) is 4.95. The van der Waals surface area contributed by atoms with Crippen molar-refractivity contribution in [2.75, 3.05) is 0 Å². The molecule has 1 aromatic heterocycles. The summed E-state index contributed by atoms with van der Waals surface area (Å²) < 4.78 is 0. The van der Waals surface area contributed by atoms with E-state index < -0.39 is 0 Å². The number of halogens is 1. The summed E-state index contributed by atoms with van der Waals surface area (Å²) in [6.07, 6.45) is 7.59. The van der Waals surface area contributed by atoms with Gasteiger partial charge in [-0.3, -0.25) is 4.79 Å². The standard InChI is InChI=1S/C12H13ClOS/c13-10-7-8-15-12(10)11(14)9-5-3-1-2-4-6-9/h5,7-8H,1-4,6H2.